The highest BCUT2D eigenvalue weighted by atomic mass is 32.1. The third-order valence-corrected chi connectivity index (χ3v) is 4.21. The maximum atomic E-state index is 13.1. The summed E-state index contributed by atoms with van der Waals surface area (Å²) in [6.45, 7) is 4.05. The van der Waals surface area contributed by atoms with Crippen molar-refractivity contribution in [1.29, 1.82) is 0 Å². The van der Waals surface area contributed by atoms with E-state index in [4.69, 9.17) is 0 Å². The zero-order valence-corrected chi connectivity index (χ0v) is 10.8. The van der Waals surface area contributed by atoms with E-state index in [-0.39, 0.29) is 17.5 Å². The third kappa shape index (κ3) is 2.39. The second-order valence-corrected chi connectivity index (χ2v) is 5.25. The smallest absolute Gasteiger partial charge is 0.175 e. The Morgan fingerprint density at radius 2 is 2.00 bits per heavy atom. The van der Waals surface area contributed by atoms with Gasteiger partial charge in [-0.15, -0.1) is 11.3 Å². The third-order valence-electron chi connectivity index (χ3n) is 3.08. The second-order valence-electron chi connectivity index (χ2n) is 4.17. The molecule has 1 nitrogen and oxygen atoms in total. The molecule has 0 saturated carbocycles. The van der Waals surface area contributed by atoms with E-state index in [0.717, 1.165) is 27.8 Å². The molecule has 0 saturated heterocycles. The first-order valence-corrected chi connectivity index (χ1v) is 6.70. The predicted octanol–water partition coefficient (Wildman–Crippen LogP) is 4.66. The minimum absolute atomic E-state index is 0.0907. The van der Waals surface area contributed by atoms with Crippen molar-refractivity contribution in [3.8, 4) is 0 Å². The molecule has 1 heterocycles. The first-order chi connectivity index (χ1) is 8.15. The second kappa shape index (κ2) is 4.96. The molecule has 0 radical (unpaired) electrons. The number of benzene rings is 1. The molecule has 0 aliphatic heterocycles. The van der Waals surface area contributed by atoms with Crippen molar-refractivity contribution in [3.05, 3.63) is 35.0 Å². The van der Waals surface area contributed by atoms with Gasteiger partial charge in [0.25, 0.3) is 0 Å². The average molecular weight is 250 g/mol. The Kier molecular flexibility index (Phi) is 3.57. The number of thiophene rings is 1. The maximum absolute atomic E-state index is 13.1. The van der Waals surface area contributed by atoms with Gasteiger partial charge in [0, 0.05) is 10.6 Å². The van der Waals surface area contributed by atoms with Crippen LogP contribution < -0.4 is 0 Å². The molecule has 0 N–H and O–H groups in total. The number of hydrogen-bond acceptors (Lipinski definition) is 2. The molecule has 2 rings (SSSR count). The summed E-state index contributed by atoms with van der Waals surface area (Å²) in [7, 11) is 0. The lowest BCUT2D eigenvalue weighted by Crippen LogP contribution is -2.11. The predicted molar refractivity (Wildman–Crippen MR) is 70.2 cm³/mol. The van der Waals surface area contributed by atoms with Crippen molar-refractivity contribution in [2.75, 3.05) is 0 Å². The van der Waals surface area contributed by atoms with Crippen molar-refractivity contribution < 1.29 is 9.18 Å². The summed E-state index contributed by atoms with van der Waals surface area (Å²) in [5.74, 6) is 0.0290. The van der Waals surface area contributed by atoms with Crippen LogP contribution in [0, 0.1) is 11.7 Å². The van der Waals surface area contributed by atoms with Crippen LogP contribution in [0.15, 0.2) is 24.3 Å². The summed E-state index contributed by atoms with van der Waals surface area (Å²) in [6.07, 6.45) is 1.72. The zero-order chi connectivity index (χ0) is 12.4. The van der Waals surface area contributed by atoms with E-state index in [1.54, 1.807) is 6.07 Å². The largest absolute Gasteiger partial charge is 0.293 e. The number of halogens is 1. The summed E-state index contributed by atoms with van der Waals surface area (Å²) in [6, 6.07) is 6.46. The molecule has 0 amide bonds. The van der Waals surface area contributed by atoms with Gasteiger partial charge in [-0.05, 0) is 42.5 Å². The molecule has 0 unspecified atom stereocenters. The van der Waals surface area contributed by atoms with Crippen LogP contribution in [0.25, 0.3) is 10.1 Å². The number of hydrogen-bond donors (Lipinski definition) is 0. The fourth-order valence-corrected chi connectivity index (χ4v) is 3.06. The number of Topliss-reactive ketones (excluding diaryl/α,β-unsaturated/α-hetero) is 1. The summed E-state index contributed by atoms with van der Waals surface area (Å²) in [5.41, 5.74) is 0. The van der Waals surface area contributed by atoms with E-state index in [1.807, 2.05) is 19.9 Å². The Labute approximate surface area is 104 Å². The van der Waals surface area contributed by atoms with E-state index in [9.17, 15) is 9.18 Å². The number of carbonyl (C=O) groups is 1. The van der Waals surface area contributed by atoms with Gasteiger partial charge in [-0.2, -0.15) is 0 Å². The molecule has 0 aliphatic carbocycles. The van der Waals surface area contributed by atoms with Crippen molar-refractivity contribution in [2.45, 2.75) is 26.7 Å². The van der Waals surface area contributed by atoms with E-state index in [1.165, 1.54) is 23.5 Å². The molecule has 90 valence electrons. The molecule has 0 fully saturated rings. The van der Waals surface area contributed by atoms with Gasteiger partial charge in [-0.1, -0.05) is 13.8 Å². The van der Waals surface area contributed by atoms with Crippen molar-refractivity contribution >= 4 is 27.2 Å². The topological polar surface area (TPSA) is 17.1 Å². The molecule has 1 aromatic heterocycles. The molecule has 3 heteroatoms. The average Bonchev–Trinajstić information content (AvgIpc) is 2.73. The summed E-state index contributed by atoms with van der Waals surface area (Å²) < 4.78 is 14.0. The van der Waals surface area contributed by atoms with Crippen molar-refractivity contribution in [3.63, 3.8) is 0 Å². The van der Waals surface area contributed by atoms with Gasteiger partial charge < -0.3 is 0 Å². The SMILES string of the molecule is CCC(CC)C(=O)c1cc2cc(F)ccc2s1. The molecular weight excluding hydrogens is 235 g/mol. The van der Waals surface area contributed by atoms with Crippen LogP contribution in [0.3, 0.4) is 0 Å². The van der Waals surface area contributed by atoms with Crippen LogP contribution in [-0.2, 0) is 0 Å². The highest BCUT2D eigenvalue weighted by Crippen LogP contribution is 2.29. The van der Waals surface area contributed by atoms with Crippen LogP contribution in [0.5, 0.6) is 0 Å². The number of ketones is 1. The standard InChI is InChI=1S/C14H15FOS/c1-3-9(4-2)14(16)13-8-10-7-11(15)5-6-12(10)17-13/h5-9H,3-4H2,1-2H3. The van der Waals surface area contributed by atoms with Gasteiger partial charge >= 0.3 is 0 Å². The lowest BCUT2D eigenvalue weighted by atomic mass is 9.97. The van der Waals surface area contributed by atoms with Crippen molar-refractivity contribution in [1.82, 2.24) is 0 Å². The number of rotatable bonds is 4. The van der Waals surface area contributed by atoms with Crippen LogP contribution in [0.4, 0.5) is 4.39 Å². The fraction of sp³-hybridized carbons (Fsp3) is 0.357. The van der Waals surface area contributed by atoms with Crippen LogP contribution in [0.1, 0.15) is 36.4 Å². The lowest BCUT2D eigenvalue weighted by molar-refractivity contribution is 0.0917. The van der Waals surface area contributed by atoms with Gasteiger partial charge in [0.1, 0.15) is 5.82 Å². The minimum atomic E-state index is -0.253. The van der Waals surface area contributed by atoms with E-state index < -0.39 is 0 Å². The monoisotopic (exact) mass is 250 g/mol. The van der Waals surface area contributed by atoms with Crippen LogP contribution in [-0.4, -0.2) is 5.78 Å². The quantitative estimate of drug-likeness (QED) is 0.721. The molecule has 17 heavy (non-hydrogen) atoms. The molecule has 0 bridgehead atoms. The lowest BCUT2D eigenvalue weighted by Gasteiger charge is -2.08. The van der Waals surface area contributed by atoms with Gasteiger partial charge in [-0.3, -0.25) is 4.79 Å². The molecular formula is C14H15FOS. The Morgan fingerprint density at radius 3 is 2.65 bits per heavy atom. The van der Waals surface area contributed by atoms with Gasteiger partial charge in [0.15, 0.2) is 5.78 Å². The van der Waals surface area contributed by atoms with Crippen LogP contribution >= 0.6 is 11.3 Å². The normalized spacial score (nSPS) is 11.3. The summed E-state index contributed by atoms with van der Waals surface area (Å²) in [5, 5.41) is 0.823. The Bertz CT molecular complexity index is 540. The molecule has 1 aromatic carbocycles. The highest BCUT2D eigenvalue weighted by Gasteiger charge is 2.18. The molecule has 0 aliphatic rings. The Balaban J connectivity index is 2.39. The number of carbonyl (C=O) groups excluding carboxylic acids is 1. The first-order valence-electron chi connectivity index (χ1n) is 5.89. The zero-order valence-electron chi connectivity index (χ0n) is 10.00. The highest BCUT2D eigenvalue weighted by molar-refractivity contribution is 7.20. The Morgan fingerprint density at radius 1 is 1.29 bits per heavy atom. The van der Waals surface area contributed by atoms with Crippen molar-refractivity contribution in [2.24, 2.45) is 5.92 Å². The van der Waals surface area contributed by atoms with Gasteiger partial charge in [0.05, 0.1) is 4.88 Å². The van der Waals surface area contributed by atoms with Gasteiger partial charge in [0.2, 0.25) is 0 Å². The van der Waals surface area contributed by atoms with E-state index >= 15 is 0 Å². The fourth-order valence-electron chi connectivity index (χ4n) is 2.00. The van der Waals surface area contributed by atoms with Crippen LogP contribution in [0.2, 0.25) is 0 Å². The summed E-state index contributed by atoms with van der Waals surface area (Å²) >= 11 is 1.46. The molecule has 2 aromatic rings. The summed E-state index contributed by atoms with van der Waals surface area (Å²) in [4.78, 5) is 12.9. The van der Waals surface area contributed by atoms with Gasteiger partial charge in [-0.25, -0.2) is 4.39 Å². The molecule has 0 spiro atoms. The van der Waals surface area contributed by atoms with E-state index in [2.05, 4.69) is 0 Å². The maximum Gasteiger partial charge on any atom is 0.175 e. The molecule has 0 atom stereocenters. The number of fused-ring (bicyclic) bond motifs is 1. The first kappa shape index (κ1) is 12.2. The Hall–Kier alpha value is -1.22. The van der Waals surface area contributed by atoms with E-state index in [0.29, 0.717) is 0 Å². The minimum Gasteiger partial charge on any atom is -0.293 e.